The fraction of sp³-hybridized carbons (Fsp3) is 0.429. The summed E-state index contributed by atoms with van der Waals surface area (Å²) in [7, 11) is -2.93. The van der Waals surface area contributed by atoms with Crippen LogP contribution in [0.3, 0.4) is 0 Å². The minimum absolute atomic E-state index is 0.0766. The molecule has 20 heavy (non-hydrogen) atoms. The zero-order chi connectivity index (χ0) is 14.6. The molecule has 1 aliphatic heterocycles. The van der Waals surface area contributed by atoms with Crippen molar-refractivity contribution in [3.63, 3.8) is 0 Å². The number of sulfone groups is 1. The molecule has 1 atom stereocenters. The average molecular weight is 294 g/mol. The lowest BCUT2D eigenvalue weighted by Crippen LogP contribution is -2.22. The van der Waals surface area contributed by atoms with Crippen LogP contribution in [0.5, 0.6) is 0 Å². The Morgan fingerprint density at radius 2 is 2.05 bits per heavy atom. The van der Waals surface area contributed by atoms with Crippen molar-refractivity contribution in [2.45, 2.75) is 19.8 Å². The van der Waals surface area contributed by atoms with Crippen molar-refractivity contribution in [1.29, 1.82) is 0 Å². The van der Waals surface area contributed by atoms with E-state index in [9.17, 15) is 13.2 Å². The van der Waals surface area contributed by atoms with E-state index in [0.29, 0.717) is 6.42 Å². The van der Waals surface area contributed by atoms with Crippen LogP contribution in [-0.2, 0) is 14.6 Å². The Balaban J connectivity index is 1.86. The van der Waals surface area contributed by atoms with Gasteiger partial charge in [0.15, 0.2) is 9.84 Å². The number of hydrazone groups is 1. The van der Waals surface area contributed by atoms with E-state index in [1.54, 1.807) is 0 Å². The van der Waals surface area contributed by atoms with Gasteiger partial charge in [-0.05, 0) is 24.8 Å². The van der Waals surface area contributed by atoms with Gasteiger partial charge in [0, 0.05) is 6.42 Å². The zero-order valence-electron chi connectivity index (χ0n) is 11.4. The van der Waals surface area contributed by atoms with Crippen LogP contribution >= 0.6 is 0 Å². The molecule has 6 heteroatoms. The number of hydrogen-bond donors (Lipinski definition) is 1. The van der Waals surface area contributed by atoms with E-state index in [2.05, 4.69) is 10.5 Å². The van der Waals surface area contributed by atoms with E-state index in [0.717, 1.165) is 11.3 Å². The summed E-state index contributed by atoms with van der Waals surface area (Å²) in [4.78, 5) is 11.7. The minimum Gasteiger partial charge on any atom is -0.273 e. The lowest BCUT2D eigenvalue weighted by Gasteiger charge is -2.06. The Kier molecular flexibility index (Phi) is 4.54. The lowest BCUT2D eigenvalue weighted by atomic mass is 10.1. The summed E-state index contributed by atoms with van der Waals surface area (Å²) < 4.78 is 22.6. The molecule has 2 rings (SSSR count). The number of carbonyl (C=O) groups is 1. The van der Waals surface area contributed by atoms with Crippen LogP contribution in [0, 0.1) is 5.92 Å². The summed E-state index contributed by atoms with van der Waals surface area (Å²) in [6, 6.07) is 9.54. The highest BCUT2D eigenvalue weighted by Crippen LogP contribution is 2.21. The van der Waals surface area contributed by atoms with Crippen molar-refractivity contribution >= 4 is 21.5 Å². The topological polar surface area (TPSA) is 75.6 Å². The molecule has 1 heterocycles. The maximum atomic E-state index is 11.7. The van der Waals surface area contributed by atoms with Gasteiger partial charge in [0.1, 0.15) is 0 Å². The van der Waals surface area contributed by atoms with Crippen molar-refractivity contribution < 1.29 is 13.2 Å². The first kappa shape index (κ1) is 14.7. The molecule has 0 aliphatic carbocycles. The maximum absolute atomic E-state index is 11.7. The van der Waals surface area contributed by atoms with Crippen LogP contribution in [0.25, 0.3) is 0 Å². The summed E-state index contributed by atoms with van der Waals surface area (Å²) in [6.45, 7) is 1.82. The number of hydrogen-bond acceptors (Lipinski definition) is 4. The van der Waals surface area contributed by atoms with Gasteiger partial charge in [-0.1, -0.05) is 30.3 Å². The SMILES string of the molecule is C/C(=N/NC(=O)C[C@@H]1CCS(=O)(=O)C1)c1ccccc1. The third-order valence-electron chi connectivity index (χ3n) is 3.34. The summed E-state index contributed by atoms with van der Waals surface area (Å²) in [5, 5.41) is 4.04. The average Bonchev–Trinajstić information content (AvgIpc) is 2.76. The monoisotopic (exact) mass is 294 g/mol. The molecule has 108 valence electrons. The van der Waals surface area contributed by atoms with Crippen molar-refractivity contribution in [1.82, 2.24) is 5.43 Å². The van der Waals surface area contributed by atoms with E-state index >= 15 is 0 Å². The Bertz CT molecular complexity index is 609. The first-order valence-electron chi connectivity index (χ1n) is 6.55. The molecule has 1 aromatic carbocycles. The van der Waals surface area contributed by atoms with E-state index in [4.69, 9.17) is 0 Å². The first-order chi connectivity index (χ1) is 9.46. The molecule has 1 amide bonds. The largest absolute Gasteiger partial charge is 0.273 e. The second-order valence-electron chi connectivity index (χ2n) is 5.07. The van der Waals surface area contributed by atoms with Crippen LogP contribution in [0.15, 0.2) is 35.4 Å². The fourth-order valence-corrected chi connectivity index (χ4v) is 4.09. The highest BCUT2D eigenvalue weighted by Gasteiger charge is 2.29. The van der Waals surface area contributed by atoms with Crippen molar-refractivity contribution in [2.75, 3.05) is 11.5 Å². The molecule has 0 bridgehead atoms. The summed E-state index contributed by atoms with van der Waals surface area (Å²) in [5.74, 6) is -0.00592. The lowest BCUT2D eigenvalue weighted by molar-refractivity contribution is -0.121. The van der Waals surface area contributed by atoms with Crippen LogP contribution in [0.4, 0.5) is 0 Å². The van der Waals surface area contributed by atoms with Crippen LogP contribution < -0.4 is 5.43 Å². The van der Waals surface area contributed by atoms with Crippen LogP contribution in [-0.4, -0.2) is 31.5 Å². The molecule has 0 spiro atoms. The highest BCUT2D eigenvalue weighted by molar-refractivity contribution is 7.91. The number of rotatable bonds is 4. The zero-order valence-corrected chi connectivity index (χ0v) is 12.2. The third-order valence-corrected chi connectivity index (χ3v) is 5.18. The fourth-order valence-electron chi connectivity index (χ4n) is 2.23. The molecule has 1 N–H and O–H groups in total. The number of benzene rings is 1. The molecular weight excluding hydrogens is 276 g/mol. The van der Waals surface area contributed by atoms with Crippen LogP contribution in [0.2, 0.25) is 0 Å². The maximum Gasteiger partial charge on any atom is 0.240 e. The smallest absolute Gasteiger partial charge is 0.240 e. The highest BCUT2D eigenvalue weighted by atomic mass is 32.2. The minimum atomic E-state index is -2.93. The molecule has 0 radical (unpaired) electrons. The normalized spacial score (nSPS) is 21.6. The molecule has 0 saturated carbocycles. The molecule has 0 unspecified atom stereocenters. The molecule has 5 nitrogen and oxygen atoms in total. The quantitative estimate of drug-likeness (QED) is 0.673. The Morgan fingerprint density at radius 3 is 2.65 bits per heavy atom. The number of nitrogens with one attached hydrogen (secondary N) is 1. The Morgan fingerprint density at radius 1 is 1.35 bits per heavy atom. The Labute approximate surface area is 119 Å². The van der Waals surface area contributed by atoms with E-state index in [1.165, 1.54) is 0 Å². The predicted molar refractivity (Wildman–Crippen MR) is 78.2 cm³/mol. The van der Waals surface area contributed by atoms with Gasteiger partial charge in [-0.25, -0.2) is 13.8 Å². The molecule has 1 saturated heterocycles. The molecule has 1 fully saturated rings. The second-order valence-corrected chi connectivity index (χ2v) is 7.30. The molecule has 1 aliphatic rings. The van der Waals surface area contributed by atoms with E-state index in [-0.39, 0.29) is 29.8 Å². The second kappa shape index (κ2) is 6.17. The molecule has 0 aromatic heterocycles. The van der Waals surface area contributed by atoms with Crippen molar-refractivity contribution in [3.05, 3.63) is 35.9 Å². The van der Waals surface area contributed by atoms with Gasteiger partial charge >= 0.3 is 0 Å². The van der Waals surface area contributed by atoms with E-state index in [1.807, 2.05) is 37.3 Å². The summed E-state index contributed by atoms with van der Waals surface area (Å²) in [6.07, 6.45) is 0.780. The van der Waals surface area contributed by atoms with Gasteiger partial charge < -0.3 is 0 Å². The molecule has 1 aromatic rings. The number of amides is 1. The van der Waals surface area contributed by atoms with Gasteiger partial charge in [0.25, 0.3) is 0 Å². The standard InChI is InChI=1S/C14H18N2O3S/c1-11(13-5-3-2-4-6-13)15-16-14(17)9-12-7-8-20(18,19)10-12/h2-6,12H,7-10H2,1H3,(H,16,17)/b15-11-/t12-/m0/s1. The summed E-state index contributed by atoms with van der Waals surface area (Å²) >= 11 is 0. The van der Waals surface area contributed by atoms with Crippen LogP contribution in [0.1, 0.15) is 25.3 Å². The van der Waals surface area contributed by atoms with Gasteiger partial charge in [0.05, 0.1) is 17.2 Å². The van der Waals surface area contributed by atoms with Gasteiger partial charge in [-0.3, -0.25) is 4.79 Å². The van der Waals surface area contributed by atoms with Crippen molar-refractivity contribution in [2.24, 2.45) is 11.0 Å². The number of carbonyl (C=O) groups excluding carboxylic acids is 1. The van der Waals surface area contributed by atoms with Gasteiger partial charge in [-0.2, -0.15) is 5.10 Å². The van der Waals surface area contributed by atoms with Gasteiger partial charge in [-0.15, -0.1) is 0 Å². The van der Waals surface area contributed by atoms with Gasteiger partial charge in [0.2, 0.25) is 5.91 Å². The molecular formula is C14H18N2O3S. The third kappa shape index (κ3) is 4.16. The summed E-state index contributed by atoms with van der Waals surface area (Å²) in [5.41, 5.74) is 4.15. The predicted octanol–water partition coefficient (Wildman–Crippen LogP) is 1.35. The Hall–Kier alpha value is -1.69. The number of nitrogens with zero attached hydrogens (tertiary/aromatic N) is 1. The van der Waals surface area contributed by atoms with Crippen molar-refractivity contribution in [3.8, 4) is 0 Å². The van der Waals surface area contributed by atoms with E-state index < -0.39 is 9.84 Å². The first-order valence-corrected chi connectivity index (χ1v) is 8.37.